The molecule has 0 spiro atoms. The lowest BCUT2D eigenvalue weighted by Gasteiger charge is -2.17. The molecule has 0 bridgehead atoms. The van der Waals surface area contributed by atoms with E-state index in [1.807, 2.05) is 0 Å². The number of carbonyl (C=O) groups excluding carboxylic acids is 1. The molecule has 1 rings (SSSR count). The average Bonchev–Trinajstić information content (AvgIpc) is 2.36. The third-order valence-corrected chi connectivity index (χ3v) is 3.73. The molecule has 2 heteroatoms. The number of rotatable bonds is 1. The van der Waals surface area contributed by atoms with Crippen molar-refractivity contribution < 1.29 is 9.53 Å². The van der Waals surface area contributed by atoms with E-state index in [4.69, 9.17) is 4.74 Å². The largest absolute Gasteiger partial charge is 0.462 e. The maximum Gasteiger partial charge on any atom is 0.306 e. The van der Waals surface area contributed by atoms with Crippen molar-refractivity contribution in [3.8, 4) is 0 Å². The van der Waals surface area contributed by atoms with E-state index < -0.39 is 0 Å². The molecule has 0 radical (unpaired) electrons. The van der Waals surface area contributed by atoms with Crippen LogP contribution in [0.15, 0.2) is 12.2 Å². The third kappa shape index (κ3) is 6.83. The van der Waals surface area contributed by atoms with Crippen LogP contribution in [0.2, 0.25) is 0 Å². The quantitative estimate of drug-likeness (QED) is 0.496. The molecule has 0 N–H and O–H groups in total. The van der Waals surface area contributed by atoms with Crippen LogP contribution >= 0.6 is 0 Å². The number of cyclic esters (lactones) is 1. The summed E-state index contributed by atoms with van der Waals surface area (Å²) in [6.07, 6.45) is 12.0. The lowest BCUT2D eigenvalue weighted by Crippen LogP contribution is -2.17. The predicted octanol–water partition coefficient (Wildman–Crippen LogP) is 4.78. The van der Waals surface area contributed by atoms with Gasteiger partial charge in [-0.05, 0) is 38.5 Å². The second-order valence-electron chi connectivity index (χ2n) is 5.43. The van der Waals surface area contributed by atoms with E-state index >= 15 is 0 Å². The molecule has 1 aliphatic heterocycles. The molecule has 1 heterocycles. The summed E-state index contributed by atoms with van der Waals surface area (Å²) in [4.78, 5) is 11.7. The minimum absolute atomic E-state index is 0.00970. The van der Waals surface area contributed by atoms with Crippen LogP contribution in [-0.4, -0.2) is 12.1 Å². The van der Waals surface area contributed by atoms with Gasteiger partial charge in [0.25, 0.3) is 0 Å². The third-order valence-electron chi connectivity index (χ3n) is 3.73. The summed E-state index contributed by atoms with van der Waals surface area (Å²) in [6, 6.07) is 0. The van der Waals surface area contributed by atoms with Gasteiger partial charge in [0.15, 0.2) is 0 Å². The van der Waals surface area contributed by atoms with Crippen molar-refractivity contribution in [1.82, 2.24) is 0 Å². The van der Waals surface area contributed by atoms with E-state index in [1.54, 1.807) is 0 Å². The Labute approximate surface area is 112 Å². The SMILES string of the molecule is C=C1CCCCCCCCC(=O)O[C@H](CC)CC1. The molecule has 1 saturated heterocycles. The zero-order chi connectivity index (χ0) is 13.2. The summed E-state index contributed by atoms with van der Waals surface area (Å²) in [5, 5.41) is 0. The summed E-state index contributed by atoms with van der Waals surface area (Å²) in [5.41, 5.74) is 1.32. The Hall–Kier alpha value is -0.790. The number of hydrogen-bond acceptors (Lipinski definition) is 2. The van der Waals surface area contributed by atoms with Gasteiger partial charge in [0.05, 0.1) is 0 Å². The van der Waals surface area contributed by atoms with Crippen molar-refractivity contribution >= 4 is 5.97 Å². The first-order chi connectivity index (χ1) is 8.72. The van der Waals surface area contributed by atoms with Gasteiger partial charge in [-0.3, -0.25) is 4.79 Å². The summed E-state index contributed by atoms with van der Waals surface area (Å²) in [6.45, 7) is 6.22. The lowest BCUT2D eigenvalue weighted by molar-refractivity contribution is -0.149. The Morgan fingerprint density at radius 1 is 1.06 bits per heavy atom. The number of esters is 1. The van der Waals surface area contributed by atoms with Gasteiger partial charge in [-0.1, -0.05) is 44.8 Å². The highest BCUT2D eigenvalue weighted by Crippen LogP contribution is 2.19. The fourth-order valence-corrected chi connectivity index (χ4v) is 2.43. The Balaban J connectivity index is 2.42. The molecule has 1 aliphatic rings. The van der Waals surface area contributed by atoms with Gasteiger partial charge in [-0.25, -0.2) is 0 Å². The van der Waals surface area contributed by atoms with Gasteiger partial charge in [0, 0.05) is 6.42 Å². The van der Waals surface area contributed by atoms with E-state index in [0.29, 0.717) is 6.42 Å². The molecule has 0 aromatic rings. The van der Waals surface area contributed by atoms with Gasteiger partial charge in [-0.2, -0.15) is 0 Å². The zero-order valence-electron chi connectivity index (χ0n) is 11.9. The Bertz CT molecular complexity index is 258. The van der Waals surface area contributed by atoms with Crippen LogP contribution in [0.25, 0.3) is 0 Å². The van der Waals surface area contributed by atoms with Crippen LogP contribution in [0.4, 0.5) is 0 Å². The molecule has 0 saturated carbocycles. The van der Waals surface area contributed by atoms with Gasteiger partial charge in [0.1, 0.15) is 6.10 Å². The highest BCUT2D eigenvalue weighted by Gasteiger charge is 2.13. The van der Waals surface area contributed by atoms with Crippen molar-refractivity contribution in [2.24, 2.45) is 0 Å². The summed E-state index contributed by atoms with van der Waals surface area (Å²) in [7, 11) is 0. The van der Waals surface area contributed by atoms with E-state index in [-0.39, 0.29) is 12.1 Å². The molecule has 0 aliphatic carbocycles. The number of allylic oxidation sites excluding steroid dienone is 1. The maximum atomic E-state index is 11.7. The zero-order valence-corrected chi connectivity index (χ0v) is 11.9. The van der Waals surface area contributed by atoms with Gasteiger partial charge in [0.2, 0.25) is 0 Å². The fourth-order valence-electron chi connectivity index (χ4n) is 2.43. The van der Waals surface area contributed by atoms with Crippen LogP contribution in [0.1, 0.15) is 77.6 Å². The van der Waals surface area contributed by atoms with E-state index in [0.717, 1.165) is 38.5 Å². The molecule has 0 amide bonds. The molecular weight excluding hydrogens is 224 g/mol. The smallest absolute Gasteiger partial charge is 0.306 e. The average molecular weight is 252 g/mol. The minimum Gasteiger partial charge on any atom is -0.462 e. The molecule has 0 unspecified atom stereocenters. The van der Waals surface area contributed by atoms with Crippen LogP contribution in [-0.2, 0) is 9.53 Å². The Kier molecular flexibility index (Phi) is 7.79. The molecule has 1 fully saturated rings. The first-order valence-electron chi connectivity index (χ1n) is 7.58. The molecule has 2 nitrogen and oxygen atoms in total. The second kappa shape index (κ2) is 9.18. The number of hydrogen-bond donors (Lipinski definition) is 0. The molecule has 0 aromatic heterocycles. The monoisotopic (exact) mass is 252 g/mol. The first-order valence-corrected chi connectivity index (χ1v) is 7.58. The van der Waals surface area contributed by atoms with Crippen molar-refractivity contribution in [2.45, 2.75) is 83.7 Å². The van der Waals surface area contributed by atoms with Crippen molar-refractivity contribution in [1.29, 1.82) is 0 Å². The summed E-state index contributed by atoms with van der Waals surface area (Å²) < 4.78 is 5.51. The number of ether oxygens (including phenoxy) is 1. The fraction of sp³-hybridized carbons (Fsp3) is 0.812. The molecule has 1 atom stereocenters. The van der Waals surface area contributed by atoms with Crippen molar-refractivity contribution in [3.63, 3.8) is 0 Å². The number of carbonyl (C=O) groups is 1. The van der Waals surface area contributed by atoms with Crippen molar-refractivity contribution in [2.75, 3.05) is 0 Å². The van der Waals surface area contributed by atoms with Crippen molar-refractivity contribution in [3.05, 3.63) is 12.2 Å². The predicted molar refractivity (Wildman–Crippen MR) is 75.5 cm³/mol. The minimum atomic E-state index is -0.00970. The van der Waals surface area contributed by atoms with Gasteiger partial charge < -0.3 is 4.74 Å². The first kappa shape index (κ1) is 15.3. The maximum absolute atomic E-state index is 11.7. The Morgan fingerprint density at radius 2 is 1.67 bits per heavy atom. The van der Waals surface area contributed by atoms with Gasteiger partial charge >= 0.3 is 5.97 Å². The standard InChI is InChI=1S/C16H28O2/c1-3-15-13-12-14(2)10-8-6-4-5-7-9-11-16(17)18-15/h15H,2-13H2,1H3/t15-/m1/s1. The normalized spacial score (nSPS) is 25.3. The topological polar surface area (TPSA) is 26.3 Å². The van der Waals surface area contributed by atoms with E-state index in [1.165, 1.54) is 31.3 Å². The van der Waals surface area contributed by atoms with Crippen LogP contribution in [0.3, 0.4) is 0 Å². The van der Waals surface area contributed by atoms with Crippen LogP contribution in [0.5, 0.6) is 0 Å². The lowest BCUT2D eigenvalue weighted by atomic mass is 10.00. The van der Waals surface area contributed by atoms with E-state index in [2.05, 4.69) is 13.5 Å². The Morgan fingerprint density at radius 3 is 2.33 bits per heavy atom. The van der Waals surface area contributed by atoms with E-state index in [9.17, 15) is 4.79 Å². The highest BCUT2D eigenvalue weighted by molar-refractivity contribution is 5.69. The highest BCUT2D eigenvalue weighted by atomic mass is 16.5. The molecule has 18 heavy (non-hydrogen) atoms. The van der Waals surface area contributed by atoms with Gasteiger partial charge in [-0.15, -0.1) is 0 Å². The molecule has 104 valence electrons. The summed E-state index contributed by atoms with van der Waals surface area (Å²) >= 11 is 0. The molecule has 0 aromatic carbocycles. The van der Waals surface area contributed by atoms with Crippen LogP contribution < -0.4 is 0 Å². The second-order valence-corrected chi connectivity index (χ2v) is 5.43. The molecular formula is C16H28O2. The van der Waals surface area contributed by atoms with Crippen LogP contribution in [0, 0.1) is 0 Å². The summed E-state index contributed by atoms with van der Waals surface area (Å²) in [5.74, 6) is -0.00970.